The maximum Gasteiger partial charge on any atom is 0.259 e. The van der Waals surface area contributed by atoms with Gasteiger partial charge in [-0.1, -0.05) is 6.92 Å². The Balaban J connectivity index is 1.47. The molecule has 3 aromatic rings. The van der Waals surface area contributed by atoms with Crippen LogP contribution in [0.2, 0.25) is 0 Å². The Bertz CT molecular complexity index is 979. The number of aromatic nitrogens is 2. The molecule has 1 N–H and O–H groups in total. The average Bonchev–Trinajstić information content (AvgIpc) is 3.29. The molecule has 5 nitrogen and oxygen atoms in total. The molecule has 0 spiro atoms. The van der Waals surface area contributed by atoms with Gasteiger partial charge in [0, 0.05) is 24.5 Å². The molecule has 144 valence electrons. The van der Waals surface area contributed by atoms with Crippen LogP contribution in [0.1, 0.15) is 29.4 Å². The molecule has 2 aromatic carbocycles. The van der Waals surface area contributed by atoms with Gasteiger partial charge in [-0.15, -0.1) is 0 Å². The molecule has 0 saturated carbocycles. The highest BCUT2D eigenvalue weighted by atomic mass is 19.1. The number of amides is 1. The molecule has 4 rings (SSSR count). The van der Waals surface area contributed by atoms with E-state index in [1.165, 1.54) is 30.4 Å². The van der Waals surface area contributed by atoms with Gasteiger partial charge in [0.25, 0.3) is 5.91 Å². The summed E-state index contributed by atoms with van der Waals surface area (Å²) in [5.41, 5.74) is 3.83. The molecule has 1 aliphatic rings. The number of carbonyl (C=O) groups is 1. The second-order valence-electron chi connectivity index (χ2n) is 7.37. The predicted octanol–water partition coefficient (Wildman–Crippen LogP) is 4.42. The van der Waals surface area contributed by atoms with Crippen LogP contribution in [0, 0.1) is 18.7 Å². The minimum absolute atomic E-state index is 0.214. The summed E-state index contributed by atoms with van der Waals surface area (Å²) in [6, 6.07) is 14.0. The van der Waals surface area contributed by atoms with Crippen LogP contribution in [0.25, 0.3) is 5.69 Å². The summed E-state index contributed by atoms with van der Waals surface area (Å²) in [6.45, 7) is 6.24. The van der Waals surface area contributed by atoms with Crippen molar-refractivity contribution in [2.75, 3.05) is 23.3 Å². The van der Waals surface area contributed by atoms with Crippen LogP contribution >= 0.6 is 0 Å². The van der Waals surface area contributed by atoms with Crippen LogP contribution in [0.4, 0.5) is 15.8 Å². The summed E-state index contributed by atoms with van der Waals surface area (Å²) < 4.78 is 14.8. The van der Waals surface area contributed by atoms with Crippen molar-refractivity contribution in [3.8, 4) is 5.69 Å². The number of carbonyl (C=O) groups excluding carboxylic acids is 1. The Morgan fingerprint density at radius 2 is 1.79 bits per heavy atom. The molecule has 1 amide bonds. The fourth-order valence-electron chi connectivity index (χ4n) is 3.60. The van der Waals surface area contributed by atoms with Crippen LogP contribution in [0.15, 0.2) is 54.7 Å². The van der Waals surface area contributed by atoms with Gasteiger partial charge in [0.2, 0.25) is 0 Å². The van der Waals surface area contributed by atoms with Crippen molar-refractivity contribution in [2.45, 2.75) is 20.3 Å². The fourth-order valence-corrected chi connectivity index (χ4v) is 3.60. The number of hydrogen-bond donors (Lipinski definition) is 1. The number of benzene rings is 2. The van der Waals surface area contributed by atoms with E-state index in [9.17, 15) is 9.18 Å². The van der Waals surface area contributed by atoms with Crippen molar-refractivity contribution >= 4 is 17.3 Å². The van der Waals surface area contributed by atoms with Gasteiger partial charge >= 0.3 is 0 Å². The number of nitrogens with zero attached hydrogens (tertiary/aromatic N) is 3. The van der Waals surface area contributed by atoms with E-state index < -0.39 is 0 Å². The van der Waals surface area contributed by atoms with Crippen molar-refractivity contribution in [1.29, 1.82) is 0 Å². The lowest BCUT2D eigenvalue weighted by atomic mass is 10.2. The second kappa shape index (κ2) is 7.46. The van der Waals surface area contributed by atoms with Gasteiger partial charge < -0.3 is 10.2 Å². The molecule has 1 atom stereocenters. The van der Waals surface area contributed by atoms with Crippen LogP contribution in [-0.2, 0) is 0 Å². The molecule has 1 fully saturated rings. The first-order valence-corrected chi connectivity index (χ1v) is 9.48. The maximum absolute atomic E-state index is 13.1. The first-order valence-electron chi connectivity index (χ1n) is 9.48. The standard InChI is InChI=1S/C22H23FN4O/c1-15-11-12-26(14-15)19-9-5-18(6-10-19)25-22(28)21-13-24-27(16(21)2)20-7-3-17(23)4-8-20/h3-10,13,15H,11-12,14H2,1-2H3,(H,25,28). The monoisotopic (exact) mass is 378 g/mol. The quantitative estimate of drug-likeness (QED) is 0.731. The van der Waals surface area contributed by atoms with Crippen LogP contribution in [-0.4, -0.2) is 28.8 Å². The van der Waals surface area contributed by atoms with Gasteiger partial charge in [0.1, 0.15) is 5.82 Å². The summed E-state index contributed by atoms with van der Waals surface area (Å²) in [6.07, 6.45) is 2.75. The van der Waals surface area contributed by atoms with Gasteiger partial charge in [-0.25, -0.2) is 9.07 Å². The highest BCUT2D eigenvalue weighted by Crippen LogP contribution is 2.25. The van der Waals surface area contributed by atoms with Gasteiger partial charge in [0.15, 0.2) is 0 Å². The van der Waals surface area contributed by atoms with E-state index in [2.05, 4.69) is 22.2 Å². The van der Waals surface area contributed by atoms with Crippen molar-refractivity contribution in [3.63, 3.8) is 0 Å². The van der Waals surface area contributed by atoms with E-state index >= 15 is 0 Å². The van der Waals surface area contributed by atoms with E-state index in [4.69, 9.17) is 0 Å². The molecule has 2 heterocycles. The van der Waals surface area contributed by atoms with Gasteiger partial charge in [-0.3, -0.25) is 4.79 Å². The van der Waals surface area contributed by atoms with E-state index in [0.29, 0.717) is 16.9 Å². The number of halogens is 1. The van der Waals surface area contributed by atoms with Crippen molar-refractivity contribution < 1.29 is 9.18 Å². The molecule has 0 bridgehead atoms. The predicted molar refractivity (Wildman–Crippen MR) is 109 cm³/mol. The zero-order valence-corrected chi connectivity index (χ0v) is 16.0. The lowest BCUT2D eigenvalue weighted by molar-refractivity contribution is 0.102. The van der Waals surface area contributed by atoms with Crippen molar-refractivity contribution in [1.82, 2.24) is 9.78 Å². The average molecular weight is 378 g/mol. The molecule has 28 heavy (non-hydrogen) atoms. The number of hydrogen-bond acceptors (Lipinski definition) is 3. The van der Waals surface area contributed by atoms with Gasteiger partial charge in [0.05, 0.1) is 23.1 Å². The Labute approximate surface area is 163 Å². The first-order chi connectivity index (χ1) is 13.5. The highest BCUT2D eigenvalue weighted by Gasteiger charge is 2.19. The summed E-state index contributed by atoms with van der Waals surface area (Å²) in [7, 11) is 0. The Morgan fingerprint density at radius 1 is 1.11 bits per heavy atom. The van der Waals surface area contributed by atoms with Gasteiger partial charge in [-0.2, -0.15) is 5.10 Å². The van der Waals surface area contributed by atoms with Crippen molar-refractivity contribution in [2.24, 2.45) is 5.92 Å². The summed E-state index contributed by atoms with van der Waals surface area (Å²) in [4.78, 5) is 15.1. The Morgan fingerprint density at radius 3 is 2.43 bits per heavy atom. The second-order valence-corrected chi connectivity index (χ2v) is 7.37. The van der Waals surface area contributed by atoms with Crippen LogP contribution in [0.5, 0.6) is 0 Å². The first kappa shape index (κ1) is 18.2. The third kappa shape index (κ3) is 3.63. The van der Waals surface area contributed by atoms with E-state index in [-0.39, 0.29) is 11.7 Å². The highest BCUT2D eigenvalue weighted by molar-refractivity contribution is 6.05. The van der Waals surface area contributed by atoms with Gasteiger partial charge in [-0.05, 0) is 67.8 Å². The minimum Gasteiger partial charge on any atom is -0.371 e. The molecule has 1 unspecified atom stereocenters. The zero-order chi connectivity index (χ0) is 19.7. The van der Waals surface area contributed by atoms with E-state index in [0.717, 1.165) is 24.7 Å². The topological polar surface area (TPSA) is 50.2 Å². The number of anilines is 2. The SMILES string of the molecule is Cc1c(C(=O)Nc2ccc(N3CCC(C)C3)cc2)cnn1-c1ccc(F)cc1. The molecular weight excluding hydrogens is 355 g/mol. The molecule has 1 aromatic heterocycles. The van der Waals surface area contributed by atoms with Crippen LogP contribution < -0.4 is 10.2 Å². The summed E-state index contributed by atoms with van der Waals surface area (Å²) in [5, 5.41) is 7.21. The van der Waals surface area contributed by atoms with E-state index in [1.807, 2.05) is 31.2 Å². The van der Waals surface area contributed by atoms with Crippen molar-refractivity contribution in [3.05, 3.63) is 71.8 Å². The third-order valence-corrected chi connectivity index (χ3v) is 5.24. The smallest absolute Gasteiger partial charge is 0.259 e. The number of nitrogens with one attached hydrogen (secondary N) is 1. The number of rotatable bonds is 4. The van der Waals surface area contributed by atoms with Crippen LogP contribution in [0.3, 0.4) is 0 Å². The molecule has 0 aliphatic carbocycles. The molecule has 6 heteroatoms. The molecular formula is C22H23FN4O. The fraction of sp³-hybridized carbons (Fsp3) is 0.273. The summed E-state index contributed by atoms with van der Waals surface area (Å²) >= 11 is 0. The largest absolute Gasteiger partial charge is 0.371 e. The zero-order valence-electron chi connectivity index (χ0n) is 16.0. The molecule has 1 saturated heterocycles. The minimum atomic E-state index is -0.307. The lowest BCUT2D eigenvalue weighted by Crippen LogP contribution is -2.19. The summed E-state index contributed by atoms with van der Waals surface area (Å²) in [5.74, 6) is 0.201. The lowest BCUT2D eigenvalue weighted by Gasteiger charge is -2.18. The normalized spacial score (nSPS) is 16.4. The third-order valence-electron chi connectivity index (χ3n) is 5.24. The Hall–Kier alpha value is -3.15. The molecule has 1 aliphatic heterocycles. The maximum atomic E-state index is 13.1. The Kier molecular flexibility index (Phi) is 4.86. The van der Waals surface area contributed by atoms with E-state index in [1.54, 1.807) is 16.8 Å². The molecule has 0 radical (unpaired) electrons.